The molecule has 0 spiro atoms. The van der Waals surface area contributed by atoms with E-state index >= 15 is 4.79 Å². The number of fused-ring (bicyclic) bond motifs is 5. The number of carbonyl (C=O) groups excluding carboxylic acids is 6. The van der Waals surface area contributed by atoms with Crippen LogP contribution in [0, 0.1) is 16.7 Å². The van der Waals surface area contributed by atoms with Crippen LogP contribution in [0.1, 0.15) is 75.8 Å². The van der Waals surface area contributed by atoms with E-state index in [1.54, 1.807) is 48.5 Å². The minimum absolute atomic E-state index is 0.0155. The molecule has 4 aliphatic rings. The van der Waals surface area contributed by atoms with Crippen molar-refractivity contribution in [2.75, 3.05) is 19.8 Å². The normalized spacial score (nSPS) is 30.6. The van der Waals surface area contributed by atoms with E-state index in [9.17, 15) is 34.2 Å². The molecule has 6 rings (SSSR count). The summed E-state index contributed by atoms with van der Waals surface area (Å²) < 4.78 is 42.3. The first kappa shape index (κ1) is 53.7. The molecule has 2 aromatic carbocycles. The van der Waals surface area contributed by atoms with Gasteiger partial charge in [-0.05, 0) is 42.7 Å². The number of esters is 3. The molecular weight excluding hydrogens is 1020 g/mol. The number of ketones is 1. The second-order valence-electron chi connectivity index (χ2n) is 17.8. The van der Waals surface area contributed by atoms with Gasteiger partial charge in [0, 0.05) is 25.2 Å². The largest absolute Gasteiger partial charge is 0.509 e. The van der Waals surface area contributed by atoms with Gasteiger partial charge >= 0.3 is 30.2 Å². The van der Waals surface area contributed by atoms with Gasteiger partial charge < -0.3 is 53.8 Å². The Bertz CT molecular complexity index is 2290. The zero-order valence-electron chi connectivity index (χ0n) is 37.1. The Labute approximate surface area is 420 Å². The van der Waals surface area contributed by atoms with Gasteiger partial charge in [-0.25, -0.2) is 14.4 Å². The van der Waals surface area contributed by atoms with E-state index in [1.165, 1.54) is 39.8 Å². The fraction of sp³-hybridized carbons (Fsp3) is 0.556. The van der Waals surface area contributed by atoms with E-state index in [2.05, 4.69) is 0 Å². The predicted molar refractivity (Wildman–Crippen MR) is 244 cm³/mol. The van der Waals surface area contributed by atoms with E-state index in [-0.39, 0.29) is 16.7 Å². The average molecular weight is 1070 g/mol. The van der Waals surface area contributed by atoms with Crippen LogP contribution in [0.5, 0.6) is 0 Å². The molecular formula is C45H49Cl6NO16. The number of hydrogen-bond acceptors (Lipinski definition) is 17. The van der Waals surface area contributed by atoms with Crippen molar-refractivity contribution in [1.82, 2.24) is 0 Å². The topological polar surface area (TPSA) is 243 Å². The van der Waals surface area contributed by atoms with Crippen molar-refractivity contribution >= 4 is 106 Å². The summed E-state index contributed by atoms with van der Waals surface area (Å²) in [5.74, 6) is -5.81. The second-order valence-corrected chi connectivity index (χ2v) is 22.9. The van der Waals surface area contributed by atoms with E-state index in [0.29, 0.717) is 5.56 Å². The second kappa shape index (κ2) is 20.2. The van der Waals surface area contributed by atoms with Gasteiger partial charge in [-0.3, -0.25) is 14.4 Å². The lowest BCUT2D eigenvalue weighted by atomic mass is 9.44. The first-order valence-electron chi connectivity index (χ1n) is 21.1. The molecule has 0 radical (unpaired) electrons. The molecule has 0 amide bonds. The Kier molecular flexibility index (Phi) is 16.0. The van der Waals surface area contributed by atoms with Gasteiger partial charge in [-0.2, -0.15) is 0 Å². The Morgan fingerprint density at radius 3 is 1.94 bits per heavy atom. The number of rotatable bonds is 12. The van der Waals surface area contributed by atoms with E-state index in [1.807, 2.05) is 0 Å². The Balaban J connectivity index is 1.59. The van der Waals surface area contributed by atoms with Crippen molar-refractivity contribution in [2.24, 2.45) is 22.5 Å². The fourth-order valence-corrected chi connectivity index (χ4v) is 10.3. The molecule has 11 atom stereocenters. The molecule has 2 saturated carbocycles. The quantitative estimate of drug-likeness (QED) is 0.0827. The maximum Gasteiger partial charge on any atom is 0.509 e. The number of aliphatic hydroxyl groups is 2. The van der Waals surface area contributed by atoms with E-state index < -0.39 is 153 Å². The predicted octanol–water partition coefficient (Wildman–Crippen LogP) is 7.15. The molecule has 2 bridgehead atoms. The summed E-state index contributed by atoms with van der Waals surface area (Å²) in [5.41, 5.74) is -2.04. The number of hydrogen-bond donors (Lipinski definition) is 3. The Hall–Kier alpha value is -3.62. The Morgan fingerprint density at radius 1 is 0.853 bits per heavy atom. The molecule has 68 heavy (non-hydrogen) atoms. The Morgan fingerprint density at radius 2 is 1.41 bits per heavy atom. The van der Waals surface area contributed by atoms with Crippen molar-refractivity contribution in [3.8, 4) is 0 Å². The highest BCUT2D eigenvalue weighted by atomic mass is 35.6. The third kappa shape index (κ3) is 10.8. The number of halogens is 6. The number of carbonyl (C=O) groups is 6. The first-order chi connectivity index (χ1) is 31.6. The molecule has 3 aliphatic carbocycles. The zero-order valence-corrected chi connectivity index (χ0v) is 41.6. The third-order valence-corrected chi connectivity index (χ3v) is 13.9. The van der Waals surface area contributed by atoms with Crippen molar-refractivity contribution < 1.29 is 76.9 Å². The van der Waals surface area contributed by atoms with Gasteiger partial charge in [0.15, 0.2) is 17.5 Å². The maximum absolute atomic E-state index is 16.1. The van der Waals surface area contributed by atoms with Gasteiger partial charge in [0.2, 0.25) is 7.59 Å². The summed E-state index contributed by atoms with van der Waals surface area (Å²) in [7, 11) is 0. The number of alkyl halides is 6. The van der Waals surface area contributed by atoms with Gasteiger partial charge in [0.05, 0.1) is 42.1 Å². The monoisotopic (exact) mass is 1070 g/mol. The summed E-state index contributed by atoms with van der Waals surface area (Å²) in [4.78, 5) is 85.0. The summed E-state index contributed by atoms with van der Waals surface area (Å²) in [6.45, 7) is 4.59. The molecule has 0 unspecified atom stereocenters. The minimum Gasteiger partial charge on any atom is -0.458 e. The summed E-state index contributed by atoms with van der Waals surface area (Å²) in [5, 5.41) is 25.0. The number of benzene rings is 2. The maximum atomic E-state index is 16.1. The lowest BCUT2D eigenvalue weighted by Gasteiger charge is -2.67. The van der Waals surface area contributed by atoms with E-state index in [4.69, 9.17) is 113 Å². The zero-order chi connectivity index (χ0) is 50.4. The van der Waals surface area contributed by atoms with Crippen LogP contribution in [-0.4, -0.2) is 121 Å². The molecule has 2 aromatic rings. The molecule has 4 N–H and O–H groups in total. The highest BCUT2D eigenvalue weighted by Crippen LogP contribution is 2.65. The molecule has 3 fully saturated rings. The summed E-state index contributed by atoms with van der Waals surface area (Å²) in [6, 6.07) is 15.0. The van der Waals surface area contributed by atoms with Gasteiger partial charge in [-0.1, -0.05) is 132 Å². The minimum atomic E-state index is -2.54. The van der Waals surface area contributed by atoms with Crippen LogP contribution < -0.4 is 5.73 Å². The standard InChI is InChI=1S/C45H49Cl6NO16/c1-22-27(64-30(55)16-26(54)32(52)24-12-8-6-9-13-24)18-43(60)36(67-37(57)25-14-10-7-11-15-25)34-41(5,35(56)33(31(22)40(43,3)4)66-39(59)63-21-45(49,50)51)28(65-38(58)62-20-44(46,47)48)17-29-42(34,19-61-29)68-23(2)53/h6-15,26-29,32-34,36,54,60H,16-21,52H2,1-5H3/t26-,27-,28-,29+,32-,33+,34-,36-,41+,42-,43+/m0/s1. The SMILES string of the molecule is CC(=O)O[C@@]12CO[C@@H]1C[C@H](OC(=O)OCC(Cl)(Cl)Cl)[C@@]1(C)C(=O)[C@H](OC(=O)OCC(Cl)(Cl)Cl)C3=C(C)[C@@H](OC(=O)C[C@H](O)[C@@H](N)c4ccccc4)C[C@@](O)([C@@H](OC(=O)c4ccccc4)[C@H]21)C3(C)C. The molecule has 372 valence electrons. The van der Waals surface area contributed by atoms with Crippen LogP contribution in [0.3, 0.4) is 0 Å². The summed E-state index contributed by atoms with van der Waals surface area (Å²) in [6.07, 6.45) is -14.8. The van der Waals surface area contributed by atoms with Crippen molar-refractivity contribution in [1.29, 1.82) is 0 Å². The van der Waals surface area contributed by atoms with E-state index in [0.717, 1.165) is 6.92 Å². The van der Waals surface area contributed by atoms with Gasteiger partial charge in [0.1, 0.15) is 43.2 Å². The van der Waals surface area contributed by atoms with Crippen LogP contribution in [0.4, 0.5) is 9.59 Å². The number of ether oxygens (including phenoxy) is 8. The fourth-order valence-electron chi connectivity index (χ4n) is 9.97. The van der Waals surface area contributed by atoms with Gasteiger partial charge in [0.25, 0.3) is 0 Å². The van der Waals surface area contributed by atoms with Crippen LogP contribution in [0.25, 0.3) is 0 Å². The molecule has 1 aliphatic heterocycles. The highest BCUT2D eigenvalue weighted by Gasteiger charge is 2.79. The van der Waals surface area contributed by atoms with Crippen molar-refractivity contribution in [3.63, 3.8) is 0 Å². The number of aliphatic hydroxyl groups excluding tert-OH is 1. The van der Waals surface area contributed by atoms with Crippen LogP contribution in [0.15, 0.2) is 71.8 Å². The average Bonchev–Trinajstić information content (AvgIpc) is 3.25. The van der Waals surface area contributed by atoms with Crippen LogP contribution in [-0.2, 0) is 52.3 Å². The van der Waals surface area contributed by atoms with Crippen LogP contribution in [0.2, 0.25) is 0 Å². The van der Waals surface area contributed by atoms with Crippen LogP contribution >= 0.6 is 69.6 Å². The molecule has 17 nitrogen and oxygen atoms in total. The lowest BCUT2D eigenvalue weighted by Crippen LogP contribution is -2.82. The third-order valence-electron chi connectivity index (χ3n) is 13.3. The van der Waals surface area contributed by atoms with Crippen molar-refractivity contribution in [2.45, 2.75) is 115 Å². The first-order valence-corrected chi connectivity index (χ1v) is 23.4. The van der Waals surface area contributed by atoms with Crippen molar-refractivity contribution in [3.05, 3.63) is 82.9 Å². The highest BCUT2D eigenvalue weighted by molar-refractivity contribution is 6.68. The molecule has 0 aromatic heterocycles. The number of Topliss-reactive ketones (excluding diaryl/α,β-unsaturated/α-hetero) is 1. The molecule has 1 saturated heterocycles. The molecule has 23 heteroatoms. The smallest absolute Gasteiger partial charge is 0.458 e. The number of nitrogens with two attached hydrogens (primary N) is 1. The summed E-state index contributed by atoms with van der Waals surface area (Å²) >= 11 is 35.2. The molecule has 1 heterocycles. The van der Waals surface area contributed by atoms with Gasteiger partial charge in [-0.15, -0.1) is 0 Å². The lowest BCUT2D eigenvalue weighted by molar-refractivity contribution is -0.346.